The third-order valence-corrected chi connectivity index (χ3v) is 4.60. The van der Waals surface area contributed by atoms with E-state index >= 15 is 0 Å². The van der Waals surface area contributed by atoms with E-state index in [1.54, 1.807) is 4.90 Å². The zero-order chi connectivity index (χ0) is 16.8. The largest absolute Gasteiger partial charge is 0.348 e. The van der Waals surface area contributed by atoms with E-state index in [0.29, 0.717) is 12.1 Å². The number of piperidine rings is 1. The van der Waals surface area contributed by atoms with Crippen molar-refractivity contribution >= 4 is 5.91 Å². The van der Waals surface area contributed by atoms with Crippen molar-refractivity contribution in [2.24, 2.45) is 0 Å². The number of rotatable bonds is 5. The van der Waals surface area contributed by atoms with E-state index in [2.05, 4.69) is 29.6 Å². The van der Waals surface area contributed by atoms with Crippen LogP contribution in [0.3, 0.4) is 0 Å². The Hall–Kier alpha value is -2.20. The molecule has 1 saturated heterocycles. The highest BCUT2D eigenvalue weighted by Crippen LogP contribution is 2.06. The van der Waals surface area contributed by atoms with Gasteiger partial charge in [0.25, 0.3) is 5.91 Å². The molecule has 24 heavy (non-hydrogen) atoms. The Morgan fingerprint density at radius 3 is 2.21 bits per heavy atom. The van der Waals surface area contributed by atoms with E-state index < -0.39 is 0 Å². The van der Waals surface area contributed by atoms with Gasteiger partial charge in [-0.2, -0.15) is 0 Å². The number of nitrogens with one attached hydrogen (secondary N) is 2. The lowest BCUT2D eigenvalue weighted by atomic mass is 10.1. The third kappa shape index (κ3) is 4.65. The van der Waals surface area contributed by atoms with Crippen molar-refractivity contribution in [2.75, 3.05) is 13.1 Å². The molecule has 0 unspecified atom stereocenters. The highest BCUT2D eigenvalue weighted by atomic mass is 19.1. The number of likely N-dealkylation sites (tertiary alicyclic amines) is 1. The van der Waals surface area contributed by atoms with Crippen LogP contribution in [0.1, 0.15) is 40.7 Å². The van der Waals surface area contributed by atoms with Crippen molar-refractivity contribution in [3.8, 4) is 0 Å². The molecule has 1 amide bonds. The SMILES string of the molecule is O=C(NCc1ccc(C[NH+]2CCCCC2)cc1)c1ccc(F)cc1. The van der Waals surface area contributed by atoms with E-state index in [4.69, 9.17) is 0 Å². The molecule has 0 radical (unpaired) electrons. The minimum atomic E-state index is -0.335. The Labute approximate surface area is 142 Å². The Balaban J connectivity index is 1.50. The van der Waals surface area contributed by atoms with E-state index in [9.17, 15) is 9.18 Å². The molecule has 0 aromatic heterocycles. The molecule has 1 aliphatic heterocycles. The molecule has 3 rings (SSSR count). The highest BCUT2D eigenvalue weighted by Gasteiger charge is 2.13. The van der Waals surface area contributed by atoms with Crippen LogP contribution in [0.25, 0.3) is 0 Å². The number of hydrogen-bond donors (Lipinski definition) is 2. The smallest absolute Gasteiger partial charge is 0.251 e. The Bertz CT molecular complexity index is 661. The molecule has 0 aliphatic carbocycles. The molecule has 0 saturated carbocycles. The molecule has 3 nitrogen and oxygen atoms in total. The van der Waals surface area contributed by atoms with E-state index in [1.165, 1.54) is 62.2 Å². The van der Waals surface area contributed by atoms with Gasteiger partial charge in [-0.3, -0.25) is 4.79 Å². The maximum Gasteiger partial charge on any atom is 0.251 e. The number of quaternary nitrogens is 1. The van der Waals surface area contributed by atoms with Crippen LogP contribution in [0.5, 0.6) is 0 Å². The van der Waals surface area contributed by atoms with Crippen LogP contribution in [-0.4, -0.2) is 19.0 Å². The molecule has 0 bridgehead atoms. The lowest BCUT2D eigenvalue weighted by molar-refractivity contribution is -0.918. The second-order valence-corrected chi connectivity index (χ2v) is 6.49. The van der Waals surface area contributed by atoms with Gasteiger partial charge in [-0.1, -0.05) is 24.3 Å². The lowest BCUT2D eigenvalue weighted by Gasteiger charge is -2.23. The molecule has 2 N–H and O–H groups in total. The first-order valence-electron chi connectivity index (χ1n) is 8.66. The lowest BCUT2D eigenvalue weighted by Crippen LogP contribution is -3.11. The fourth-order valence-corrected chi connectivity index (χ4v) is 3.18. The van der Waals surface area contributed by atoms with Crippen molar-refractivity contribution < 1.29 is 14.1 Å². The average Bonchev–Trinajstić information content (AvgIpc) is 2.62. The van der Waals surface area contributed by atoms with Gasteiger partial charge in [-0.15, -0.1) is 0 Å². The normalized spacial score (nSPS) is 15.2. The average molecular weight is 327 g/mol. The minimum absolute atomic E-state index is 0.183. The number of carbonyl (C=O) groups is 1. The summed E-state index contributed by atoms with van der Waals surface area (Å²) in [6.07, 6.45) is 4.04. The van der Waals surface area contributed by atoms with E-state index in [1.807, 2.05) is 0 Å². The Morgan fingerprint density at radius 2 is 1.54 bits per heavy atom. The van der Waals surface area contributed by atoms with Crippen LogP contribution in [-0.2, 0) is 13.1 Å². The standard InChI is InChI=1S/C20H23FN2O/c21-19-10-8-18(9-11-19)20(24)22-14-16-4-6-17(7-5-16)15-23-12-2-1-3-13-23/h4-11H,1-3,12-15H2,(H,22,24)/p+1. The quantitative estimate of drug-likeness (QED) is 0.868. The molecule has 2 aromatic rings. The maximum absolute atomic E-state index is 12.9. The van der Waals surface area contributed by atoms with Gasteiger partial charge < -0.3 is 10.2 Å². The summed E-state index contributed by atoms with van der Waals surface area (Å²) in [7, 11) is 0. The second kappa shape index (κ2) is 8.06. The maximum atomic E-state index is 12.9. The van der Waals surface area contributed by atoms with Crippen molar-refractivity contribution in [3.63, 3.8) is 0 Å². The van der Waals surface area contributed by atoms with Gasteiger partial charge in [-0.25, -0.2) is 4.39 Å². The highest BCUT2D eigenvalue weighted by molar-refractivity contribution is 5.94. The van der Waals surface area contributed by atoms with Crippen molar-refractivity contribution in [2.45, 2.75) is 32.4 Å². The summed E-state index contributed by atoms with van der Waals surface area (Å²) in [5.41, 5.74) is 2.89. The zero-order valence-electron chi connectivity index (χ0n) is 13.9. The second-order valence-electron chi connectivity index (χ2n) is 6.49. The van der Waals surface area contributed by atoms with Crippen molar-refractivity contribution in [1.82, 2.24) is 5.32 Å². The molecule has 1 fully saturated rings. The molecule has 0 atom stereocenters. The van der Waals surface area contributed by atoms with Gasteiger partial charge >= 0.3 is 0 Å². The summed E-state index contributed by atoms with van der Waals surface area (Å²) in [5, 5.41) is 2.87. The zero-order valence-corrected chi connectivity index (χ0v) is 13.9. The molecule has 4 heteroatoms. The minimum Gasteiger partial charge on any atom is -0.348 e. The van der Waals surface area contributed by atoms with Crippen LogP contribution in [0.2, 0.25) is 0 Å². The van der Waals surface area contributed by atoms with Gasteiger partial charge in [0, 0.05) is 17.7 Å². The molecule has 2 aromatic carbocycles. The molecule has 126 valence electrons. The van der Waals surface area contributed by atoms with Crippen LogP contribution >= 0.6 is 0 Å². The number of benzene rings is 2. The molecular formula is C20H24FN2O+. The summed E-state index contributed by atoms with van der Waals surface area (Å²) >= 11 is 0. The first kappa shape index (κ1) is 16.7. The fraction of sp³-hybridized carbons (Fsp3) is 0.350. The number of hydrogen-bond acceptors (Lipinski definition) is 1. The van der Waals surface area contributed by atoms with Gasteiger partial charge in [0.15, 0.2) is 0 Å². The van der Waals surface area contributed by atoms with Gasteiger partial charge in [0.1, 0.15) is 12.4 Å². The van der Waals surface area contributed by atoms with Crippen LogP contribution in [0.15, 0.2) is 48.5 Å². The molecule has 0 spiro atoms. The first-order chi connectivity index (χ1) is 11.7. The van der Waals surface area contributed by atoms with Crippen LogP contribution in [0, 0.1) is 5.82 Å². The number of carbonyl (C=O) groups excluding carboxylic acids is 1. The fourth-order valence-electron chi connectivity index (χ4n) is 3.18. The summed E-state index contributed by atoms with van der Waals surface area (Å²) in [5.74, 6) is -0.519. The summed E-state index contributed by atoms with van der Waals surface area (Å²) in [6, 6.07) is 14.0. The summed E-state index contributed by atoms with van der Waals surface area (Å²) in [4.78, 5) is 13.7. The van der Waals surface area contributed by atoms with Crippen molar-refractivity contribution in [1.29, 1.82) is 0 Å². The van der Waals surface area contributed by atoms with E-state index in [-0.39, 0.29) is 11.7 Å². The predicted octanol–water partition coefficient (Wildman–Crippen LogP) is 2.32. The molecular weight excluding hydrogens is 303 g/mol. The summed E-state index contributed by atoms with van der Waals surface area (Å²) < 4.78 is 12.9. The molecule has 1 aliphatic rings. The third-order valence-electron chi connectivity index (χ3n) is 4.60. The Morgan fingerprint density at radius 1 is 0.917 bits per heavy atom. The predicted molar refractivity (Wildman–Crippen MR) is 92.3 cm³/mol. The number of halogens is 1. The molecule has 1 heterocycles. The van der Waals surface area contributed by atoms with Crippen LogP contribution < -0.4 is 10.2 Å². The first-order valence-corrected chi connectivity index (χ1v) is 8.66. The van der Waals surface area contributed by atoms with Gasteiger partial charge in [0.2, 0.25) is 0 Å². The van der Waals surface area contributed by atoms with Crippen molar-refractivity contribution in [3.05, 3.63) is 71.0 Å². The van der Waals surface area contributed by atoms with Crippen LogP contribution in [0.4, 0.5) is 4.39 Å². The summed E-state index contributed by atoms with van der Waals surface area (Å²) in [6.45, 7) is 4.11. The van der Waals surface area contributed by atoms with E-state index in [0.717, 1.165) is 12.1 Å². The van der Waals surface area contributed by atoms with Gasteiger partial charge in [0.05, 0.1) is 13.1 Å². The number of amides is 1. The Kier molecular flexibility index (Phi) is 5.59. The van der Waals surface area contributed by atoms with Gasteiger partial charge in [-0.05, 0) is 49.1 Å². The topological polar surface area (TPSA) is 33.5 Å². The monoisotopic (exact) mass is 327 g/mol.